The van der Waals surface area contributed by atoms with E-state index in [1.807, 2.05) is 55.9 Å². The Morgan fingerprint density at radius 1 is 1.24 bits per heavy atom. The fourth-order valence-corrected chi connectivity index (χ4v) is 2.83. The number of nitrogens with one attached hydrogen (secondary N) is 1. The summed E-state index contributed by atoms with van der Waals surface area (Å²) in [6, 6.07) is 9.64. The minimum atomic E-state index is -0.0629. The molecule has 0 fully saturated rings. The highest BCUT2D eigenvalue weighted by Gasteiger charge is 2.12. The van der Waals surface area contributed by atoms with Crippen molar-refractivity contribution >= 4 is 5.91 Å². The number of rotatable bonds is 6. The van der Waals surface area contributed by atoms with Gasteiger partial charge in [-0.2, -0.15) is 5.10 Å². The van der Waals surface area contributed by atoms with Gasteiger partial charge in [-0.1, -0.05) is 18.2 Å². The van der Waals surface area contributed by atoms with E-state index >= 15 is 0 Å². The Balaban J connectivity index is 1.52. The fourth-order valence-electron chi connectivity index (χ4n) is 2.83. The number of aryl methyl sites for hydroxylation is 2. The van der Waals surface area contributed by atoms with Crippen LogP contribution in [0.25, 0.3) is 11.5 Å². The topological polar surface area (TPSA) is 73.0 Å². The summed E-state index contributed by atoms with van der Waals surface area (Å²) < 4.78 is 7.33. The van der Waals surface area contributed by atoms with Crippen molar-refractivity contribution in [2.75, 3.05) is 6.54 Å². The molecule has 0 saturated carbocycles. The van der Waals surface area contributed by atoms with Crippen LogP contribution in [-0.4, -0.2) is 27.2 Å². The molecule has 0 aliphatic carbocycles. The third-order valence-electron chi connectivity index (χ3n) is 4.27. The summed E-state index contributed by atoms with van der Waals surface area (Å²) in [5, 5.41) is 7.32. The van der Waals surface area contributed by atoms with Gasteiger partial charge < -0.3 is 9.73 Å². The van der Waals surface area contributed by atoms with Crippen LogP contribution in [0.1, 0.15) is 22.6 Å². The minimum absolute atomic E-state index is 0.0629. The number of amides is 1. The molecule has 0 aliphatic heterocycles. The largest absolute Gasteiger partial charge is 0.444 e. The van der Waals surface area contributed by atoms with Crippen molar-refractivity contribution in [3.8, 4) is 11.5 Å². The molecule has 0 bridgehead atoms. The van der Waals surface area contributed by atoms with Gasteiger partial charge in [0.15, 0.2) is 0 Å². The van der Waals surface area contributed by atoms with Crippen LogP contribution in [0.5, 0.6) is 0 Å². The zero-order valence-corrected chi connectivity index (χ0v) is 14.7. The van der Waals surface area contributed by atoms with Gasteiger partial charge in [0, 0.05) is 24.8 Å². The van der Waals surface area contributed by atoms with Crippen molar-refractivity contribution in [1.82, 2.24) is 20.1 Å². The summed E-state index contributed by atoms with van der Waals surface area (Å²) >= 11 is 0. The van der Waals surface area contributed by atoms with Gasteiger partial charge in [0.25, 0.3) is 0 Å². The Kier molecular flexibility index (Phi) is 4.97. The zero-order chi connectivity index (χ0) is 17.8. The fraction of sp³-hybridized carbons (Fsp3) is 0.316. The summed E-state index contributed by atoms with van der Waals surface area (Å²) in [7, 11) is 1.93. The first-order valence-electron chi connectivity index (χ1n) is 8.30. The summed E-state index contributed by atoms with van der Waals surface area (Å²) in [6.45, 7) is 4.61. The lowest BCUT2D eigenvalue weighted by Crippen LogP contribution is -2.27. The second-order valence-corrected chi connectivity index (χ2v) is 6.06. The summed E-state index contributed by atoms with van der Waals surface area (Å²) in [5.41, 5.74) is 4.87. The van der Waals surface area contributed by atoms with Crippen molar-refractivity contribution in [2.45, 2.75) is 26.7 Å². The summed E-state index contributed by atoms with van der Waals surface area (Å²) in [6.07, 6.45) is 2.52. The van der Waals surface area contributed by atoms with Gasteiger partial charge in [0.1, 0.15) is 6.26 Å². The van der Waals surface area contributed by atoms with E-state index in [1.165, 1.54) is 11.8 Å². The number of oxazole rings is 1. The third-order valence-corrected chi connectivity index (χ3v) is 4.27. The molecule has 1 amide bonds. The van der Waals surface area contributed by atoms with Gasteiger partial charge in [-0.3, -0.25) is 9.48 Å². The SMILES string of the molecule is Cc1nn(C)c(C)c1CCNC(=O)Cc1coc(-c2ccccc2)n1. The average Bonchev–Trinajstić information content (AvgIpc) is 3.15. The molecule has 130 valence electrons. The first-order valence-corrected chi connectivity index (χ1v) is 8.30. The minimum Gasteiger partial charge on any atom is -0.444 e. The van der Waals surface area contributed by atoms with Gasteiger partial charge >= 0.3 is 0 Å². The number of benzene rings is 1. The summed E-state index contributed by atoms with van der Waals surface area (Å²) in [4.78, 5) is 16.5. The monoisotopic (exact) mass is 338 g/mol. The molecule has 1 aromatic carbocycles. The molecule has 0 saturated heterocycles. The molecule has 0 spiro atoms. The lowest BCUT2D eigenvalue weighted by molar-refractivity contribution is -0.120. The number of hydrogen-bond donors (Lipinski definition) is 1. The van der Waals surface area contributed by atoms with E-state index in [9.17, 15) is 4.79 Å². The molecule has 1 N–H and O–H groups in total. The molecule has 0 atom stereocenters. The smallest absolute Gasteiger partial charge is 0.226 e. The van der Waals surface area contributed by atoms with E-state index in [2.05, 4.69) is 15.4 Å². The lowest BCUT2D eigenvalue weighted by atomic mass is 10.1. The molecule has 0 aliphatic rings. The summed E-state index contributed by atoms with van der Waals surface area (Å²) in [5.74, 6) is 0.470. The predicted molar refractivity (Wildman–Crippen MR) is 95.0 cm³/mol. The predicted octanol–water partition coefficient (Wildman–Crippen LogP) is 2.59. The van der Waals surface area contributed by atoms with Crippen LogP contribution in [-0.2, 0) is 24.7 Å². The molecule has 2 heterocycles. The van der Waals surface area contributed by atoms with E-state index in [0.717, 1.165) is 23.4 Å². The van der Waals surface area contributed by atoms with Crippen LogP contribution in [0, 0.1) is 13.8 Å². The second kappa shape index (κ2) is 7.34. The lowest BCUT2D eigenvalue weighted by Gasteiger charge is -2.04. The first kappa shape index (κ1) is 17.0. The quantitative estimate of drug-likeness (QED) is 0.750. The standard InChI is InChI=1S/C19H22N4O2/c1-13-17(14(2)23(3)22-13)9-10-20-18(24)11-16-12-25-19(21-16)15-7-5-4-6-8-15/h4-8,12H,9-11H2,1-3H3,(H,20,24). The van der Waals surface area contributed by atoms with E-state index in [1.54, 1.807) is 0 Å². The van der Waals surface area contributed by atoms with Gasteiger partial charge in [-0.15, -0.1) is 0 Å². The third kappa shape index (κ3) is 3.96. The van der Waals surface area contributed by atoms with Crippen LogP contribution in [0.4, 0.5) is 0 Å². The van der Waals surface area contributed by atoms with E-state index in [0.29, 0.717) is 18.1 Å². The van der Waals surface area contributed by atoms with Gasteiger partial charge in [-0.05, 0) is 38.0 Å². The molecule has 3 rings (SSSR count). The highest BCUT2D eigenvalue weighted by Crippen LogP contribution is 2.18. The van der Waals surface area contributed by atoms with E-state index < -0.39 is 0 Å². The van der Waals surface area contributed by atoms with Crippen LogP contribution >= 0.6 is 0 Å². The van der Waals surface area contributed by atoms with Crippen LogP contribution in [0.15, 0.2) is 41.0 Å². The zero-order valence-electron chi connectivity index (χ0n) is 14.7. The molecular weight excluding hydrogens is 316 g/mol. The number of aromatic nitrogens is 3. The Hall–Kier alpha value is -2.89. The molecule has 6 heteroatoms. The maximum absolute atomic E-state index is 12.1. The Labute approximate surface area is 146 Å². The van der Waals surface area contributed by atoms with E-state index in [4.69, 9.17) is 4.42 Å². The van der Waals surface area contributed by atoms with Crippen LogP contribution < -0.4 is 5.32 Å². The Morgan fingerprint density at radius 3 is 2.68 bits per heavy atom. The number of nitrogens with zero attached hydrogens (tertiary/aromatic N) is 3. The number of carbonyl (C=O) groups excluding carboxylic acids is 1. The van der Waals surface area contributed by atoms with Crippen molar-refractivity contribution in [3.05, 3.63) is 59.2 Å². The van der Waals surface area contributed by atoms with Crippen molar-refractivity contribution in [3.63, 3.8) is 0 Å². The Morgan fingerprint density at radius 2 is 2.00 bits per heavy atom. The van der Waals surface area contributed by atoms with Crippen molar-refractivity contribution in [2.24, 2.45) is 7.05 Å². The normalized spacial score (nSPS) is 10.8. The maximum Gasteiger partial charge on any atom is 0.226 e. The van der Waals surface area contributed by atoms with Gasteiger partial charge in [0.05, 0.1) is 17.8 Å². The van der Waals surface area contributed by atoms with Gasteiger partial charge in [0.2, 0.25) is 11.8 Å². The highest BCUT2D eigenvalue weighted by atomic mass is 16.3. The van der Waals surface area contributed by atoms with E-state index in [-0.39, 0.29) is 12.3 Å². The first-order chi connectivity index (χ1) is 12.0. The van der Waals surface area contributed by atoms with Crippen LogP contribution in [0.2, 0.25) is 0 Å². The molecule has 25 heavy (non-hydrogen) atoms. The number of hydrogen-bond acceptors (Lipinski definition) is 4. The Bertz CT molecular complexity index is 865. The van der Waals surface area contributed by atoms with Crippen LogP contribution in [0.3, 0.4) is 0 Å². The highest BCUT2D eigenvalue weighted by molar-refractivity contribution is 5.78. The molecule has 6 nitrogen and oxygen atoms in total. The number of carbonyl (C=O) groups is 1. The molecule has 0 unspecified atom stereocenters. The van der Waals surface area contributed by atoms with Gasteiger partial charge in [-0.25, -0.2) is 4.98 Å². The average molecular weight is 338 g/mol. The maximum atomic E-state index is 12.1. The molecule has 3 aromatic rings. The second-order valence-electron chi connectivity index (χ2n) is 6.06. The van der Waals surface area contributed by atoms with Crippen molar-refractivity contribution < 1.29 is 9.21 Å². The molecule has 2 aromatic heterocycles. The molecule has 0 radical (unpaired) electrons. The van der Waals surface area contributed by atoms with Crippen molar-refractivity contribution in [1.29, 1.82) is 0 Å². The molecular formula is C19H22N4O2.